The van der Waals surface area contributed by atoms with Crippen molar-refractivity contribution in [2.45, 2.75) is 32.9 Å². The van der Waals surface area contributed by atoms with Gasteiger partial charge >= 0.3 is 0 Å². The summed E-state index contributed by atoms with van der Waals surface area (Å²) in [7, 11) is 0. The molecule has 3 atom stereocenters. The first-order chi connectivity index (χ1) is 11.1. The number of nitrogens with zero attached hydrogens (tertiary/aromatic N) is 3. The van der Waals surface area contributed by atoms with Gasteiger partial charge in [0.2, 0.25) is 5.95 Å². The lowest BCUT2D eigenvalue weighted by Crippen LogP contribution is -2.49. The van der Waals surface area contributed by atoms with Crippen molar-refractivity contribution < 1.29 is 0 Å². The molecule has 3 N–H and O–H groups in total. The maximum Gasteiger partial charge on any atom is 0.212 e. The molecule has 1 aromatic heterocycles. The summed E-state index contributed by atoms with van der Waals surface area (Å²) in [4.78, 5) is 9.43. The number of imidazole rings is 1. The number of guanidine groups is 1. The van der Waals surface area contributed by atoms with E-state index in [1.807, 2.05) is 12.1 Å². The summed E-state index contributed by atoms with van der Waals surface area (Å²) in [5.41, 5.74) is 9.92. The number of rotatable bonds is 1. The van der Waals surface area contributed by atoms with Gasteiger partial charge in [-0.15, -0.1) is 0 Å². The number of fused-ring (bicyclic) bond motifs is 4. The van der Waals surface area contributed by atoms with E-state index < -0.39 is 0 Å². The first kappa shape index (κ1) is 13.2. The summed E-state index contributed by atoms with van der Waals surface area (Å²) in [6.07, 6.45) is 4.76. The van der Waals surface area contributed by atoms with E-state index in [1.54, 1.807) is 0 Å². The normalized spacial score (nSPS) is 30.8. The molecule has 6 rings (SSSR count). The summed E-state index contributed by atoms with van der Waals surface area (Å²) < 4.78 is 2.20. The fourth-order valence-electron chi connectivity index (χ4n) is 4.63. The van der Waals surface area contributed by atoms with E-state index in [0.29, 0.717) is 17.3 Å². The third-order valence-electron chi connectivity index (χ3n) is 6.15. The molecule has 1 aliphatic heterocycles. The Bertz CT molecular complexity index is 873. The molecule has 1 saturated carbocycles. The van der Waals surface area contributed by atoms with E-state index in [-0.39, 0.29) is 6.17 Å². The number of aliphatic imine (C=N–C) groups is 1. The van der Waals surface area contributed by atoms with Gasteiger partial charge in [-0.1, -0.05) is 32.1 Å². The molecular weight excluding hydrogens is 286 g/mol. The highest BCUT2D eigenvalue weighted by atomic mass is 15.4. The summed E-state index contributed by atoms with van der Waals surface area (Å²) in [5.74, 6) is 2.66. The van der Waals surface area contributed by atoms with Gasteiger partial charge in [-0.05, 0) is 47.8 Å². The topological polar surface area (TPSA) is 68.2 Å². The van der Waals surface area contributed by atoms with Crippen molar-refractivity contribution in [3.8, 4) is 0 Å². The minimum atomic E-state index is -0.0656. The Kier molecular flexibility index (Phi) is 2.38. The second kappa shape index (κ2) is 4.16. The second-order valence-electron chi connectivity index (χ2n) is 7.55. The van der Waals surface area contributed by atoms with Gasteiger partial charge in [-0.25, -0.2) is 9.98 Å². The zero-order valence-corrected chi connectivity index (χ0v) is 13.5. The molecule has 118 valence electrons. The highest BCUT2D eigenvalue weighted by Crippen LogP contribution is 2.61. The Morgan fingerprint density at radius 2 is 2.13 bits per heavy atom. The van der Waals surface area contributed by atoms with Crippen molar-refractivity contribution in [1.82, 2.24) is 9.55 Å². The molecule has 5 nitrogen and oxygen atoms in total. The van der Waals surface area contributed by atoms with Crippen LogP contribution in [0.15, 0.2) is 40.9 Å². The highest BCUT2D eigenvalue weighted by molar-refractivity contribution is 5.94. The molecule has 3 aliphatic carbocycles. The van der Waals surface area contributed by atoms with E-state index in [0.717, 1.165) is 29.3 Å². The van der Waals surface area contributed by atoms with Crippen LogP contribution < -0.4 is 11.1 Å². The van der Waals surface area contributed by atoms with E-state index in [9.17, 15) is 0 Å². The standard InChI is InChI=1S/C18H21N5/c1-18(2)10-7-8-11(12(18)9-10)15-21-16(19)22-17-20-13-5-3-4-6-14(13)23(15)17/h3-6,8,10,12,15H,7,9H2,1-2H3,(H3,19,20,21,22)/t10-,12-,15-/m1/s1. The molecule has 4 aliphatic rings. The molecule has 0 spiro atoms. The Balaban J connectivity index is 1.69. The molecule has 2 aromatic rings. The second-order valence-corrected chi connectivity index (χ2v) is 7.55. The Labute approximate surface area is 135 Å². The summed E-state index contributed by atoms with van der Waals surface area (Å²) >= 11 is 0. The zero-order chi connectivity index (χ0) is 15.8. The van der Waals surface area contributed by atoms with Gasteiger partial charge in [0.05, 0.1) is 11.0 Å². The lowest BCUT2D eigenvalue weighted by atomic mass is 9.48. The highest BCUT2D eigenvalue weighted by Gasteiger charge is 2.53. The average Bonchev–Trinajstić information content (AvgIpc) is 2.91. The maximum atomic E-state index is 6.05. The summed E-state index contributed by atoms with van der Waals surface area (Å²) in [6.45, 7) is 4.78. The first-order valence-electron chi connectivity index (χ1n) is 8.33. The molecule has 1 fully saturated rings. The van der Waals surface area contributed by atoms with Gasteiger partial charge in [0.25, 0.3) is 0 Å². The number of para-hydroxylation sites is 2. The van der Waals surface area contributed by atoms with Gasteiger partial charge in [0, 0.05) is 0 Å². The van der Waals surface area contributed by atoms with Gasteiger partial charge in [-0.3, -0.25) is 9.88 Å². The maximum absolute atomic E-state index is 6.05. The smallest absolute Gasteiger partial charge is 0.212 e. The first-order valence-corrected chi connectivity index (χ1v) is 8.33. The van der Waals surface area contributed by atoms with E-state index in [4.69, 9.17) is 10.7 Å². The molecule has 0 amide bonds. The number of hydrogen-bond donors (Lipinski definition) is 2. The van der Waals surface area contributed by atoms with Crippen molar-refractivity contribution in [2.24, 2.45) is 28.0 Å². The summed E-state index contributed by atoms with van der Waals surface area (Å²) in [5, 5.41) is 3.12. The van der Waals surface area contributed by atoms with Crippen LogP contribution >= 0.6 is 0 Å². The number of hydrogen-bond acceptors (Lipinski definition) is 4. The number of nitrogens with two attached hydrogens (primary N) is 1. The van der Waals surface area contributed by atoms with Crippen molar-refractivity contribution in [2.75, 3.05) is 5.32 Å². The fourth-order valence-corrected chi connectivity index (χ4v) is 4.63. The van der Waals surface area contributed by atoms with Crippen molar-refractivity contribution in [3.63, 3.8) is 0 Å². The van der Waals surface area contributed by atoms with Crippen LogP contribution in [0.1, 0.15) is 32.9 Å². The molecule has 0 radical (unpaired) electrons. The number of nitrogens with one attached hydrogen (secondary N) is 1. The Morgan fingerprint density at radius 3 is 2.91 bits per heavy atom. The molecule has 0 unspecified atom stereocenters. The van der Waals surface area contributed by atoms with Crippen LogP contribution in [0.2, 0.25) is 0 Å². The Morgan fingerprint density at radius 1 is 1.30 bits per heavy atom. The number of allylic oxidation sites excluding steroid dienone is 1. The lowest BCUT2D eigenvalue weighted by Gasteiger charge is -2.57. The van der Waals surface area contributed by atoms with Gasteiger partial charge < -0.3 is 5.73 Å². The van der Waals surface area contributed by atoms with Crippen LogP contribution in [0, 0.1) is 17.3 Å². The number of aromatic nitrogens is 2. The van der Waals surface area contributed by atoms with Crippen molar-refractivity contribution >= 4 is 22.9 Å². The molecule has 5 heteroatoms. The van der Waals surface area contributed by atoms with Gasteiger partial charge in [-0.2, -0.15) is 0 Å². The van der Waals surface area contributed by atoms with E-state index >= 15 is 0 Å². The predicted octanol–water partition coefficient (Wildman–Crippen LogP) is 3.27. The van der Waals surface area contributed by atoms with Crippen molar-refractivity contribution in [3.05, 3.63) is 35.9 Å². The number of anilines is 1. The van der Waals surface area contributed by atoms with Crippen LogP contribution in [0.25, 0.3) is 11.0 Å². The zero-order valence-electron chi connectivity index (χ0n) is 13.5. The van der Waals surface area contributed by atoms with E-state index in [1.165, 1.54) is 12.0 Å². The molecular formula is C18H21N5. The SMILES string of the molecule is CC1(C)[C@@H]2CC=C([C@@H]3N=C(N)Nc4nc5ccccc5n43)[C@H]1C2. The minimum Gasteiger partial charge on any atom is -0.370 e. The third-order valence-corrected chi connectivity index (χ3v) is 6.15. The molecule has 1 aromatic carbocycles. The lowest BCUT2D eigenvalue weighted by molar-refractivity contribution is -0.0119. The van der Waals surface area contributed by atoms with E-state index in [2.05, 4.69) is 46.9 Å². The molecule has 2 heterocycles. The molecule has 0 saturated heterocycles. The third kappa shape index (κ3) is 1.62. The van der Waals surface area contributed by atoms with Gasteiger partial charge in [0.15, 0.2) is 12.1 Å². The predicted molar refractivity (Wildman–Crippen MR) is 92.1 cm³/mol. The summed E-state index contributed by atoms with van der Waals surface area (Å²) in [6, 6.07) is 8.21. The van der Waals surface area contributed by atoms with Crippen LogP contribution in [-0.4, -0.2) is 15.5 Å². The quantitative estimate of drug-likeness (QED) is 0.795. The average molecular weight is 307 g/mol. The van der Waals surface area contributed by atoms with Crippen LogP contribution in [0.3, 0.4) is 0 Å². The largest absolute Gasteiger partial charge is 0.370 e. The fraction of sp³-hybridized carbons (Fsp3) is 0.444. The van der Waals surface area contributed by atoms with Crippen LogP contribution in [0.5, 0.6) is 0 Å². The monoisotopic (exact) mass is 307 g/mol. The van der Waals surface area contributed by atoms with Crippen LogP contribution in [0.4, 0.5) is 5.95 Å². The van der Waals surface area contributed by atoms with Gasteiger partial charge in [0.1, 0.15) is 0 Å². The minimum absolute atomic E-state index is 0.0656. The molecule has 23 heavy (non-hydrogen) atoms. The van der Waals surface area contributed by atoms with Crippen molar-refractivity contribution in [1.29, 1.82) is 0 Å². The molecule has 2 bridgehead atoms. The number of benzene rings is 1. The van der Waals surface area contributed by atoms with Crippen LogP contribution in [-0.2, 0) is 0 Å². The Hall–Kier alpha value is -2.30.